The highest BCUT2D eigenvalue weighted by Crippen LogP contribution is 2.35. The Hall–Kier alpha value is -3.18. The first-order valence-corrected chi connectivity index (χ1v) is 12.1. The van der Waals surface area contributed by atoms with Crippen molar-refractivity contribution in [3.8, 4) is 11.4 Å². The molecule has 0 unspecified atom stereocenters. The number of likely N-dealkylation sites (N-methyl/N-ethyl adjacent to an activating group) is 1. The van der Waals surface area contributed by atoms with Crippen molar-refractivity contribution in [1.29, 1.82) is 0 Å². The van der Waals surface area contributed by atoms with E-state index in [2.05, 4.69) is 21.8 Å². The molecule has 1 aromatic carbocycles. The monoisotopic (exact) mass is 518 g/mol. The molecule has 12 heteroatoms. The van der Waals surface area contributed by atoms with E-state index in [1.54, 1.807) is 11.0 Å². The van der Waals surface area contributed by atoms with Gasteiger partial charge in [-0.05, 0) is 31.3 Å². The molecule has 0 N–H and O–H groups in total. The fraction of sp³-hybridized carbons (Fsp3) is 0.417. The number of nitrogens with zero attached hydrogens (tertiary/aromatic N) is 8. The Labute approximate surface area is 212 Å². The van der Waals surface area contributed by atoms with Gasteiger partial charge < -0.3 is 19.6 Å². The predicted molar refractivity (Wildman–Crippen MR) is 134 cm³/mol. The number of hydrogen-bond donors (Lipinski definition) is 0. The van der Waals surface area contributed by atoms with Gasteiger partial charge in [-0.25, -0.2) is 4.98 Å². The van der Waals surface area contributed by atoms with E-state index < -0.39 is 11.7 Å². The standard InChI is InChI=1S/C24H26ClF3N8/c1-33-8-10-35(11-9-33)22-30-20(17-4-2-5-18(25)16-17)31-23(32-22)36-14-12-34(13-15-36)21-19(24(26,27)28)6-3-7-29-21/h2-7,16H,8-15H2,1H3. The van der Waals surface area contributed by atoms with Gasteiger partial charge in [0.1, 0.15) is 5.82 Å². The van der Waals surface area contributed by atoms with Crippen LogP contribution in [0.25, 0.3) is 11.4 Å². The Bertz CT molecular complexity index is 1210. The summed E-state index contributed by atoms with van der Waals surface area (Å²) in [5, 5.41) is 0.583. The summed E-state index contributed by atoms with van der Waals surface area (Å²) in [5.41, 5.74) is 0.0580. The highest BCUT2D eigenvalue weighted by atomic mass is 35.5. The molecule has 3 aromatic rings. The highest BCUT2D eigenvalue weighted by molar-refractivity contribution is 6.30. The second-order valence-corrected chi connectivity index (χ2v) is 9.34. The lowest BCUT2D eigenvalue weighted by molar-refractivity contribution is -0.137. The lowest BCUT2D eigenvalue weighted by Gasteiger charge is -2.37. The van der Waals surface area contributed by atoms with E-state index in [9.17, 15) is 13.2 Å². The zero-order chi connectivity index (χ0) is 25.3. The molecule has 0 spiro atoms. The first kappa shape index (κ1) is 24.5. The molecule has 0 saturated carbocycles. The van der Waals surface area contributed by atoms with Crippen molar-refractivity contribution < 1.29 is 13.2 Å². The quantitative estimate of drug-likeness (QED) is 0.518. The molecular formula is C24H26ClF3N8. The van der Waals surface area contributed by atoms with Crippen LogP contribution in [-0.2, 0) is 6.18 Å². The van der Waals surface area contributed by atoms with Crippen molar-refractivity contribution in [2.45, 2.75) is 6.18 Å². The van der Waals surface area contributed by atoms with Crippen LogP contribution in [0.5, 0.6) is 0 Å². The summed E-state index contributed by atoms with van der Waals surface area (Å²) in [6.45, 7) is 5.02. The van der Waals surface area contributed by atoms with Gasteiger partial charge in [-0.15, -0.1) is 0 Å². The zero-order valence-corrected chi connectivity index (χ0v) is 20.5. The van der Waals surface area contributed by atoms with Gasteiger partial charge in [0.05, 0.1) is 5.56 Å². The molecule has 0 radical (unpaired) electrons. The maximum atomic E-state index is 13.5. The van der Waals surface area contributed by atoms with E-state index >= 15 is 0 Å². The third-order valence-corrected chi connectivity index (χ3v) is 6.67. The second-order valence-electron chi connectivity index (χ2n) is 8.91. The average molecular weight is 519 g/mol. The molecule has 0 atom stereocenters. The van der Waals surface area contributed by atoms with E-state index in [0.717, 1.165) is 37.8 Å². The number of pyridine rings is 1. The Kier molecular flexibility index (Phi) is 6.85. The molecule has 8 nitrogen and oxygen atoms in total. The third-order valence-electron chi connectivity index (χ3n) is 6.43. The van der Waals surface area contributed by atoms with Crippen LogP contribution in [0.15, 0.2) is 42.6 Å². The number of rotatable bonds is 4. The number of piperazine rings is 2. The average Bonchev–Trinajstić information content (AvgIpc) is 2.88. The summed E-state index contributed by atoms with van der Waals surface area (Å²) in [7, 11) is 2.08. The summed E-state index contributed by atoms with van der Waals surface area (Å²) in [4.78, 5) is 26.3. The van der Waals surface area contributed by atoms with Crippen molar-refractivity contribution in [3.05, 3.63) is 53.2 Å². The maximum Gasteiger partial charge on any atom is 0.419 e. The van der Waals surface area contributed by atoms with Crippen LogP contribution in [-0.4, -0.2) is 84.2 Å². The van der Waals surface area contributed by atoms with Gasteiger partial charge in [0, 0.05) is 69.1 Å². The van der Waals surface area contributed by atoms with Crippen molar-refractivity contribution in [2.75, 3.05) is 74.1 Å². The van der Waals surface area contributed by atoms with Crippen LogP contribution in [0, 0.1) is 0 Å². The first-order chi connectivity index (χ1) is 17.3. The van der Waals surface area contributed by atoms with Gasteiger partial charge in [-0.2, -0.15) is 28.1 Å². The van der Waals surface area contributed by atoms with E-state index in [4.69, 9.17) is 26.6 Å². The molecule has 0 aliphatic carbocycles. The Morgan fingerprint density at radius 2 is 1.39 bits per heavy atom. The number of benzene rings is 1. The Morgan fingerprint density at radius 1 is 0.778 bits per heavy atom. The summed E-state index contributed by atoms with van der Waals surface area (Å²) < 4.78 is 40.5. The number of hydrogen-bond acceptors (Lipinski definition) is 8. The van der Waals surface area contributed by atoms with E-state index in [1.165, 1.54) is 12.3 Å². The van der Waals surface area contributed by atoms with Gasteiger partial charge in [0.2, 0.25) is 11.9 Å². The molecular weight excluding hydrogens is 493 g/mol. The molecule has 190 valence electrons. The van der Waals surface area contributed by atoms with Crippen LogP contribution < -0.4 is 14.7 Å². The fourth-order valence-electron chi connectivity index (χ4n) is 4.39. The largest absolute Gasteiger partial charge is 0.419 e. The van der Waals surface area contributed by atoms with Crippen LogP contribution in [0.4, 0.5) is 30.9 Å². The van der Waals surface area contributed by atoms with Gasteiger partial charge in [0.25, 0.3) is 0 Å². The smallest absolute Gasteiger partial charge is 0.353 e. The minimum atomic E-state index is -4.46. The molecule has 0 bridgehead atoms. The van der Waals surface area contributed by atoms with Gasteiger partial charge >= 0.3 is 6.18 Å². The molecule has 5 rings (SSSR count). The second kappa shape index (κ2) is 10.1. The predicted octanol–water partition coefficient (Wildman–Crippen LogP) is 3.68. The zero-order valence-electron chi connectivity index (χ0n) is 19.8. The third kappa shape index (κ3) is 5.31. The van der Waals surface area contributed by atoms with Crippen LogP contribution >= 0.6 is 11.6 Å². The number of alkyl halides is 3. The fourth-order valence-corrected chi connectivity index (χ4v) is 4.58. The van der Waals surface area contributed by atoms with Gasteiger partial charge in [0.15, 0.2) is 5.82 Å². The van der Waals surface area contributed by atoms with Crippen molar-refractivity contribution >= 4 is 29.3 Å². The minimum absolute atomic E-state index is 0.0435. The van der Waals surface area contributed by atoms with Crippen LogP contribution in [0.2, 0.25) is 5.02 Å². The van der Waals surface area contributed by atoms with E-state index in [0.29, 0.717) is 48.9 Å². The van der Waals surface area contributed by atoms with Gasteiger partial charge in [-0.1, -0.05) is 23.7 Å². The van der Waals surface area contributed by atoms with Crippen molar-refractivity contribution in [1.82, 2.24) is 24.8 Å². The summed E-state index contributed by atoms with van der Waals surface area (Å²) in [5.74, 6) is 1.57. The summed E-state index contributed by atoms with van der Waals surface area (Å²) in [6.07, 6.45) is -3.07. The topological polar surface area (TPSA) is 64.5 Å². The molecule has 2 aliphatic rings. The normalized spacial score (nSPS) is 17.5. The number of anilines is 3. The maximum absolute atomic E-state index is 13.5. The first-order valence-electron chi connectivity index (χ1n) is 11.8. The molecule has 0 amide bonds. The van der Waals surface area contributed by atoms with E-state index in [-0.39, 0.29) is 5.82 Å². The molecule has 4 heterocycles. The highest BCUT2D eigenvalue weighted by Gasteiger charge is 2.36. The number of aromatic nitrogens is 4. The van der Waals surface area contributed by atoms with Crippen LogP contribution in [0.1, 0.15) is 5.56 Å². The molecule has 2 fully saturated rings. The van der Waals surface area contributed by atoms with Crippen molar-refractivity contribution in [3.63, 3.8) is 0 Å². The molecule has 2 aliphatic heterocycles. The molecule has 36 heavy (non-hydrogen) atoms. The Balaban J connectivity index is 1.41. The Morgan fingerprint density at radius 3 is 2.00 bits per heavy atom. The summed E-state index contributed by atoms with van der Waals surface area (Å²) >= 11 is 6.22. The minimum Gasteiger partial charge on any atom is -0.353 e. The lowest BCUT2D eigenvalue weighted by Crippen LogP contribution is -2.48. The van der Waals surface area contributed by atoms with Crippen molar-refractivity contribution in [2.24, 2.45) is 0 Å². The SMILES string of the molecule is CN1CCN(c2nc(-c3cccc(Cl)c3)nc(N3CCN(c4ncccc4C(F)(F)F)CC3)n2)CC1. The lowest BCUT2D eigenvalue weighted by atomic mass is 10.2. The molecule has 2 saturated heterocycles. The van der Waals surface area contributed by atoms with E-state index in [1.807, 2.05) is 23.1 Å². The molecule has 2 aromatic heterocycles. The summed E-state index contributed by atoms with van der Waals surface area (Å²) in [6, 6.07) is 9.73. The van der Waals surface area contributed by atoms with Crippen LogP contribution in [0.3, 0.4) is 0 Å². The number of halogens is 4. The van der Waals surface area contributed by atoms with Gasteiger partial charge in [-0.3, -0.25) is 0 Å².